The average Bonchev–Trinajstić information content (AvgIpc) is 2.48. The predicted octanol–water partition coefficient (Wildman–Crippen LogP) is 4.17. The van der Waals surface area contributed by atoms with Gasteiger partial charge in [0.05, 0.1) is 10.7 Å². The van der Waals surface area contributed by atoms with E-state index in [4.69, 9.17) is 28.5 Å². The molecular weight excluding hydrogens is 309 g/mol. The lowest BCUT2D eigenvalue weighted by molar-refractivity contribution is 0.106. The molecule has 21 heavy (non-hydrogen) atoms. The molecule has 2 rings (SSSR count). The maximum Gasteiger partial charge on any atom is 0.225 e. The van der Waals surface area contributed by atoms with Crippen LogP contribution in [0, 0.1) is 11.3 Å². The fourth-order valence-electron chi connectivity index (χ4n) is 1.58. The van der Waals surface area contributed by atoms with Crippen molar-refractivity contribution in [1.29, 1.82) is 5.26 Å². The smallest absolute Gasteiger partial charge is 0.225 e. The highest BCUT2D eigenvalue weighted by atomic mass is 35.5. The van der Waals surface area contributed by atoms with E-state index in [1.807, 2.05) is 0 Å². The number of carbonyl (C=O) groups is 1. The molecule has 0 bridgehead atoms. The van der Waals surface area contributed by atoms with Gasteiger partial charge in [-0.3, -0.25) is 10.2 Å². The summed E-state index contributed by atoms with van der Waals surface area (Å²) in [7, 11) is 0. The van der Waals surface area contributed by atoms with Gasteiger partial charge < -0.3 is 0 Å². The Bertz CT molecular complexity index is 751. The van der Waals surface area contributed by atoms with Crippen LogP contribution in [0.15, 0.2) is 53.6 Å². The van der Waals surface area contributed by atoms with Crippen molar-refractivity contribution in [3.05, 3.63) is 64.1 Å². The summed E-state index contributed by atoms with van der Waals surface area (Å²) in [5.41, 5.74) is 3.14. The molecule has 0 aliphatic carbocycles. The van der Waals surface area contributed by atoms with Crippen LogP contribution in [0.4, 0.5) is 5.69 Å². The molecule has 104 valence electrons. The Morgan fingerprint density at radius 2 is 1.90 bits per heavy atom. The highest BCUT2D eigenvalue weighted by Gasteiger charge is 2.16. The van der Waals surface area contributed by atoms with Crippen molar-refractivity contribution in [1.82, 2.24) is 0 Å². The van der Waals surface area contributed by atoms with Crippen molar-refractivity contribution in [2.75, 3.05) is 5.43 Å². The summed E-state index contributed by atoms with van der Waals surface area (Å²) in [4.78, 5) is 12.2. The average molecular weight is 318 g/mol. The Balaban J connectivity index is 2.24. The van der Waals surface area contributed by atoms with E-state index >= 15 is 0 Å². The fourth-order valence-corrected chi connectivity index (χ4v) is 1.99. The number of benzene rings is 2. The molecule has 0 fully saturated rings. The summed E-state index contributed by atoms with van der Waals surface area (Å²) in [6, 6.07) is 15.0. The van der Waals surface area contributed by atoms with Gasteiger partial charge in [-0.1, -0.05) is 41.4 Å². The van der Waals surface area contributed by atoms with Gasteiger partial charge in [-0.15, -0.1) is 0 Å². The molecule has 0 aromatic heterocycles. The van der Waals surface area contributed by atoms with E-state index in [0.29, 0.717) is 10.7 Å². The van der Waals surface area contributed by atoms with Crippen LogP contribution in [0.1, 0.15) is 10.4 Å². The van der Waals surface area contributed by atoms with Gasteiger partial charge in [0.25, 0.3) is 0 Å². The third-order valence-electron chi connectivity index (χ3n) is 2.56. The number of carbonyl (C=O) groups excluding carboxylic acids is 1. The minimum absolute atomic E-state index is 0.229. The first-order chi connectivity index (χ1) is 10.1. The highest BCUT2D eigenvalue weighted by Crippen LogP contribution is 2.17. The van der Waals surface area contributed by atoms with E-state index in [1.54, 1.807) is 48.5 Å². The van der Waals surface area contributed by atoms with E-state index in [1.165, 1.54) is 6.07 Å². The monoisotopic (exact) mass is 317 g/mol. The Hall–Kier alpha value is -2.35. The standard InChI is InChI=1S/C15H9Cl2N3O/c16-10-4-3-5-11(8-10)19-20-14(9-18)15(21)12-6-1-2-7-13(12)17/h1-8,19H/b20-14+. The van der Waals surface area contributed by atoms with Crippen molar-refractivity contribution in [2.45, 2.75) is 0 Å². The van der Waals surface area contributed by atoms with Crippen molar-refractivity contribution in [2.24, 2.45) is 5.10 Å². The normalized spacial score (nSPS) is 10.8. The molecule has 0 radical (unpaired) electrons. The van der Waals surface area contributed by atoms with Gasteiger partial charge in [0.1, 0.15) is 6.07 Å². The molecule has 4 nitrogen and oxygen atoms in total. The third-order valence-corrected chi connectivity index (χ3v) is 3.13. The van der Waals surface area contributed by atoms with Gasteiger partial charge in [0, 0.05) is 10.6 Å². The molecule has 2 aromatic rings. The highest BCUT2D eigenvalue weighted by molar-refractivity contribution is 6.53. The van der Waals surface area contributed by atoms with Crippen LogP contribution in [-0.2, 0) is 0 Å². The van der Waals surface area contributed by atoms with Gasteiger partial charge in [-0.05, 0) is 30.3 Å². The first-order valence-corrected chi connectivity index (χ1v) is 6.66. The van der Waals surface area contributed by atoms with E-state index in [2.05, 4.69) is 10.5 Å². The molecule has 0 aliphatic heterocycles. The largest absolute Gasteiger partial charge is 0.286 e. The van der Waals surface area contributed by atoms with Crippen molar-refractivity contribution in [3.8, 4) is 6.07 Å². The minimum Gasteiger partial charge on any atom is -0.286 e. The Morgan fingerprint density at radius 3 is 2.57 bits per heavy atom. The number of Topliss-reactive ketones (excluding diaryl/α,β-unsaturated/α-hetero) is 1. The molecule has 1 N–H and O–H groups in total. The first kappa shape index (κ1) is 15.0. The SMILES string of the molecule is N#C/C(=N\Nc1cccc(Cl)c1)C(=O)c1ccccc1Cl. The Morgan fingerprint density at radius 1 is 1.14 bits per heavy atom. The van der Waals surface area contributed by atoms with Crippen LogP contribution < -0.4 is 5.43 Å². The maximum atomic E-state index is 12.2. The van der Waals surface area contributed by atoms with Gasteiger partial charge in [-0.25, -0.2) is 0 Å². The van der Waals surface area contributed by atoms with E-state index in [-0.39, 0.29) is 16.3 Å². The second-order valence-corrected chi connectivity index (χ2v) is 4.85. The molecule has 6 heteroatoms. The second-order valence-electron chi connectivity index (χ2n) is 4.00. The van der Waals surface area contributed by atoms with Gasteiger partial charge >= 0.3 is 0 Å². The number of halogens is 2. The van der Waals surface area contributed by atoms with Crippen molar-refractivity contribution < 1.29 is 4.79 Å². The Labute approximate surface area is 131 Å². The summed E-state index contributed by atoms with van der Waals surface area (Å²) in [5.74, 6) is -0.544. The number of rotatable bonds is 4. The predicted molar refractivity (Wildman–Crippen MR) is 83.9 cm³/mol. The molecule has 0 heterocycles. The lowest BCUT2D eigenvalue weighted by Gasteiger charge is -2.03. The second kappa shape index (κ2) is 6.89. The molecule has 0 aliphatic rings. The molecule has 0 atom stereocenters. The summed E-state index contributed by atoms with van der Waals surface area (Å²) in [6.45, 7) is 0. The number of anilines is 1. The van der Waals surface area contributed by atoms with Crippen LogP contribution in [0.2, 0.25) is 10.0 Å². The fraction of sp³-hybridized carbons (Fsp3) is 0. The van der Waals surface area contributed by atoms with Crippen LogP contribution in [0.25, 0.3) is 0 Å². The molecule has 0 amide bonds. The number of hydrogen-bond acceptors (Lipinski definition) is 4. The number of nitriles is 1. The zero-order valence-electron chi connectivity index (χ0n) is 10.7. The van der Waals surface area contributed by atoms with Crippen LogP contribution >= 0.6 is 23.2 Å². The summed E-state index contributed by atoms with van der Waals surface area (Å²) in [5, 5.41) is 13.7. The first-order valence-electron chi connectivity index (χ1n) is 5.90. The van der Waals surface area contributed by atoms with Gasteiger partial charge in [-0.2, -0.15) is 10.4 Å². The molecule has 0 unspecified atom stereocenters. The van der Waals surface area contributed by atoms with Crippen LogP contribution in [-0.4, -0.2) is 11.5 Å². The quantitative estimate of drug-likeness (QED) is 0.523. The van der Waals surface area contributed by atoms with Crippen molar-refractivity contribution >= 4 is 40.4 Å². The minimum atomic E-state index is -0.544. The summed E-state index contributed by atoms with van der Waals surface area (Å²) in [6.07, 6.45) is 0. The molecule has 0 spiro atoms. The lowest BCUT2D eigenvalue weighted by Crippen LogP contribution is -2.14. The Kier molecular flexibility index (Phi) is 4.94. The zero-order valence-corrected chi connectivity index (χ0v) is 12.2. The third kappa shape index (κ3) is 3.82. The van der Waals surface area contributed by atoms with Crippen molar-refractivity contribution in [3.63, 3.8) is 0 Å². The molecule has 2 aromatic carbocycles. The molecule has 0 saturated heterocycles. The van der Waals surface area contributed by atoms with Gasteiger partial charge in [0.15, 0.2) is 0 Å². The number of hydrazone groups is 1. The molecule has 0 saturated carbocycles. The van der Waals surface area contributed by atoms with E-state index in [9.17, 15) is 4.79 Å². The number of ketones is 1. The maximum absolute atomic E-state index is 12.2. The van der Waals surface area contributed by atoms with Gasteiger partial charge in [0.2, 0.25) is 11.5 Å². The van der Waals surface area contributed by atoms with E-state index in [0.717, 1.165) is 0 Å². The van der Waals surface area contributed by atoms with Crippen LogP contribution in [0.3, 0.4) is 0 Å². The zero-order chi connectivity index (χ0) is 15.2. The lowest BCUT2D eigenvalue weighted by atomic mass is 10.1. The number of nitrogens with zero attached hydrogens (tertiary/aromatic N) is 2. The summed E-state index contributed by atoms with van der Waals surface area (Å²) >= 11 is 11.8. The van der Waals surface area contributed by atoms with E-state index < -0.39 is 5.78 Å². The number of nitrogens with one attached hydrogen (secondary N) is 1. The topological polar surface area (TPSA) is 65.2 Å². The molecular formula is C15H9Cl2N3O. The van der Waals surface area contributed by atoms with Crippen LogP contribution in [0.5, 0.6) is 0 Å². The summed E-state index contributed by atoms with van der Waals surface area (Å²) < 4.78 is 0. The number of hydrogen-bond donors (Lipinski definition) is 1.